The van der Waals surface area contributed by atoms with Crippen molar-refractivity contribution in [3.05, 3.63) is 32.9 Å². The average Bonchev–Trinajstić information content (AvgIpc) is 2.86. The monoisotopic (exact) mass is 262 g/mol. The second-order valence-corrected chi connectivity index (χ2v) is 4.64. The van der Waals surface area contributed by atoms with Crippen molar-refractivity contribution in [2.24, 2.45) is 0 Å². The van der Waals surface area contributed by atoms with E-state index in [-0.39, 0.29) is 5.56 Å². The zero-order chi connectivity index (χ0) is 13.1. The number of nitrogens with one attached hydrogen (secondary N) is 2. The molecule has 7 nitrogen and oxygen atoms in total. The highest BCUT2D eigenvalue weighted by molar-refractivity contribution is 7.98. The zero-order valence-corrected chi connectivity index (χ0v) is 10.6. The van der Waals surface area contributed by atoms with Gasteiger partial charge in [-0.3, -0.25) is 4.79 Å². The molecule has 0 unspecified atom stereocenters. The van der Waals surface area contributed by atoms with Gasteiger partial charge in [-0.15, -0.1) is 5.10 Å². The Labute approximate surface area is 107 Å². The molecule has 0 aliphatic carbocycles. The zero-order valence-electron chi connectivity index (χ0n) is 9.81. The van der Waals surface area contributed by atoms with Crippen molar-refractivity contribution >= 4 is 11.8 Å². The van der Waals surface area contributed by atoms with Crippen LogP contribution in [0.4, 0.5) is 0 Å². The van der Waals surface area contributed by atoms with E-state index in [0.29, 0.717) is 33.3 Å². The molecule has 2 heterocycles. The summed E-state index contributed by atoms with van der Waals surface area (Å²) in [4.78, 5) is 14.4. The summed E-state index contributed by atoms with van der Waals surface area (Å²) in [5.74, 6) is 1.04. The van der Waals surface area contributed by atoms with Crippen LogP contribution >= 0.6 is 11.8 Å². The van der Waals surface area contributed by atoms with Gasteiger partial charge < -0.3 is 4.98 Å². The minimum Gasteiger partial charge on any atom is -0.316 e. The molecular weight excluding hydrogens is 252 g/mol. The Balaban J connectivity index is 2.33. The number of thioether (sulfide) groups is 1. The molecule has 2 rings (SSSR count). The molecule has 92 valence electrons. The van der Waals surface area contributed by atoms with Gasteiger partial charge in [-0.05, 0) is 29.8 Å². The predicted molar refractivity (Wildman–Crippen MR) is 65.0 cm³/mol. The van der Waals surface area contributed by atoms with Gasteiger partial charge in [0.05, 0.1) is 16.3 Å². The molecule has 0 bridgehead atoms. The van der Waals surface area contributed by atoms with Crippen LogP contribution in [0.2, 0.25) is 0 Å². The number of hydrogen-bond donors (Lipinski definition) is 2. The Morgan fingerprint density at radius 3 is 2.78 bits per heavy atom. The molecule has 0 radical (unpaired) electrons. The quantitative estimate of drug-likeness (QED) is 0.786. The van der Waals surface area contributed by atoms with Crippen molar-refractivity contribution in [2.75, 3.05) is 0 Å². The third kappa shape index (κ3) is 2.26. The first-order valence-corrected chi connectivity index (χ1v) is 6.11. The van der Waals surface area contributed by atoms with Crippen LogP contribution in [0.15, 0.2) is 9.82 Å². The Hall–Kier alpha value is -2.14. The molecule has 0 saturated carbocycles. The third-order valence-electron chi connectivity index (χ3n) is 2.59. The fourth-order valence-electron chi connectivity index (χ4n) is 1.41. The first-order valence-electron chi connectivity index (χ1n) is 5.12. The van der Waals surface area contributed by atoms with E-state index in [1.54, 1.807) is 13.8 Å². The van der Waals surface area contributed by atoms with Crippen LogP contribution in [0.5, 0.6) is 0 Å². The summed E-state index contributed by atoms with van der Waals surface area (Å²) in [5, 5.41) is 22.9. The first-order chi connectivity index (χ1) is 8.63. The molecule has 0 amide bonds. The van der Waals surface area contributed by atoms with Crippen molar-refractivity contribution in [3.63, 3.8) is 0 Å². The lowest BCUT2D eigenvalue weighted by Crippen LogP contribution is -2.14. The smallest absolute Gasteiger partial charge is 0.252 e. The topological polar surface area (TPSA) is 111 Å². The normalized spacial score (nSPS) is 10.3. The molecule has 2 aromatic heterocycles. The van der Waals surface area contributed by atoms with Gasteiger partial charge in [-0.2, -0.15) is 5.26 Å². The largest absolute Gasteiger partial charge is 0.316 e. The maximum atomic E-state index is 11.7. The van der Waals surface area contributed by atoms with Crippen molar-refractivity contribution in [1.82, 2.24) is 25.6 Å². The molecule has 0 aromatic carbocycles. The van der Waals surface area contributed by atoms with Gasteiger partial charge in [0.15, 0.2) is 5.82 Å². The minimum absolute atomic E-state index is 0.176. The summed E-state index contributed by atoms with van der Waals surface area (Å²) < 4.78 is 0. The highest BCUT2D eigenvalue weighted by atomic mass is 32.2. The van der Waals surface area contributed by atoms with Gasteiger partial charge >= 0.3 is 0 Å². The maximum Gasteiger partial charge on any atom is 0.252 e. The second-order valence-electron chi connectivity index (χ2n) is 3.66. The fourth-order valence-corrected chi connectivity index (χ4v) is 2.32. The van der Waals surface area contributed by atoms with E-state index in [1.807, 2.05) is 0 Å². The van der Waals surface area contributed by atoms with Crippen LogP contribution in [-0.4, -0.2) is 25.6 Å². The average molecular weight is 262 g/mol. The number of tetrazole rings is 1. The van der Waals surface area contributed by atoms with E-state index < -0.39 is 0 Å². The summed E-state index contributed by atoms with van der Waals surface area (Å²) in [6, 6.07) is 2.11. The molecule has 2 aromatic rings. The summed E-state index contributed by atoms with van der Waals surface area (Å²) in [7, 11) is 0. The SMILES string of the molecule is Cc1c(C#N)c(SCc2nnn[nH]2)[nH]c(=O)c1C. The number of aromatic amines is 2. The molecule has 18 heavy (non-hydrogen) atoms. The molecule has 0 aliphatic rings. The maximum absolute atomic E-state index is 11.7. The lowest BCUT2D eigenvalue weighted by atomic mass is 10.1. The van der Waals surface area contributed by atoms with Crippen LogP contribution < -0.4 is 5.56 Å². The molecule has 0 atom stereocenters. The van der Waals surface area contributed by atoms with E-state index >= 15 is 0 Å². The predicted octanol–water partition coefficient (Wildman–Crippen LogP) is 0.669. The van der Waals surface area contributed by atoms with E-state index in [4.69, 9.17) is 5.26 Å². The highest BCUT2D eigenvalue weighted by Gasteiger charge is 2.12. The summed E-state index contributed by atoms with van der Waals surface area (Å²) >= 11 is 1.31. The number of nitrogens with zero attached hydrogens (tertiary/aromatic N) is 4. The van der Waals surface area contributed by atoms with Crippen molar-refractivity contribution in [2.45, 2.75) is 24.6 Å². The number of pyridine rings is 1. The number of hydrogen-bond acceptors (Lipinski definition) is 6. The van der Waals surface area contributed by atoms with Crippen molar-refractivity contribution in [3.8, 4) is 6.07 Å². The van der Waals surface area contributed by atoms with Crippen molar-refractivity contribution < 1.29 is 0 Å². The van der Waals surface area contributed by atoms with Crippen molar-refractivity contribution in [1.29, 1.82) is 5.26 Å². The van der Waals surface area contributed by atoms with E-state index in [1.165, 1.54) is 11.8 Å². The van der Waals surface area contributed by atoms with Gasteiger partial charge in [0.1, 0.15) is 6.07 Å². The molecule has 8 heteroatoms. The highest BCUT2D eigenvalue weighted by Crippen LogP contribution is 2.24. The van der Waals surface area contributed by atoms with Crippen LogP contribution in [0.3, 0.4) is 0 Å². The summed E-state index contributed by atoms with van der Waals surface area (Å²) in [6.45, 7) is 3.47. The molecule has 0 aliphatic heterocycles. The van der Waals surface area contributed by atoms with E-state index in [9.17, 15) is 4.79 Å². The van der Waals surface area contributed by atoms with Gasteiger partial charge in [0.25, 0.3) is 5.56 Å². The molecule has 2 N–H and O–H groups in total. The Bertz CT molecular complexity index is 654. The Kier molecular flexibility index (Phi) is 3.43. The van der Waals surface area contributed by atoms with Gasteiger partial charge in [-0.1, -0.05) is 11.8 Å². The molecule has 0 spiro atoms. The summed E-state index contributed by atoms with van der Waals surface area (Å²) in [6.07, 6.45) is 0. The van der Waals surface area contributed by atoms with Crippen LogP contribution in [0.1, 0.15) is 22.5 Å². The third-order valence-corrected chi connectivity index (χ3v) is 3.60. The van der Waals surface area contributed by atoms with Gasteiger partial charge in [-0.25, -0.2) is 5.10 Å². The molecule has 0 fully saturated rings. The molecule has 0 saturated heterocycles. The second kappa shape index (κ2) is 5.01. The lowest BCUT2D eigenvalue weighted by Gasteiger charge is -2.07. The van der Waals surface area contributed by atoms with Crippen LogP contribution in [-0.2, 0) is 5.75 Å². The van der Waals surface area contributed by atoms with Gasteiger partial charge in [0, 0.05) is 5.56 Å². The number of H-pyrrole nitrogens is 2. The van der Waals surface area contributed by atoms with Gasteiger partial charge in [0.2, 0.25) is 0 Å². The molecular formula is C10H10N6OS. The van der Waals surface area contributed by atoms with Crippen LogP contribution in [0.25, 0.3) is 0 Å². The Morgan fingerprint density at radius 1 is 1.39 bits per heavy atom. The number of rotatable bonds is 3. The fraction of sp³-hybridized carbons (Fsp3) is 0.300. The number of nitriles is 1. The van der Waals surface area contributed by atoms with E-state index in [0.717, 1.165) is 0 Å². The summed E-state index contributed by atoms with van der Waals surface area (Å²) in [5.41, 5.74) is 1.59. The minimum atomic E-state index is -0.176. The number of aromatic nitrogens is 5. The first kappa shape index (κ1) is 12.3. The van der Waals surface area contributed by atoms with Crippen LogP contribution in [0, 0.1) is 25.2 Å². The lowest BCUT2D eigenvalue weighted by molar-refractivity contribution is 0.881. The standard InChI is InChI=1S/C10H10N6OS/c1-5-6(2)9(17)12-10(7(5)3-11)18-4-8-13-15-16-14-8/h4H2,1-2H3,(H,12,17)(H,13,14,15,16). The van der Waals surface area contributed by atoms with E-state index in [2.05, 4.69) is 31.7 Å². The Morgan fingerprint density at radius 2 is 2.17 bits per heavy atom.